The summed E-state index contributed by atoms with van der Waals surface area (Å²) in [5.41, 5.74) is 1.46. The molecule has 2 rings (SSSR count). The molecule has 0 bridgehead atoms. The monoisotopic (exact) mass is 428 g/mol. The van der Waals surface area contributed by atoms with Crippen molar-refractivity contribution in [2.75, 3.05) is 0 Å². The van der Waals surface area contributed by atoms with Crippen LogP contribution in [-0.2, 0) is 11.2 Å². The molecule has 1 aromatic rings. The first-order valence-corrected chi connectivity index (χ1v) is 11.6. The number of benzene rings is 1. The summed E-state index contributed by atoms with van der Waals surface area (Å²) >= 11 is 0. The van der Waals surface area contributed by atoms with Crippen molar-refractivity contribution in [2.45, 2.75) is 77.9 Å². The molecule has 1 aliphatic carbocycles. The number of rotatable bonds is 11. The molecule has 1 aromatic carbocycles. The van der Waals surface area contributed by atoms with Crippen LogP contribution in [0.5, 0.6) is 0 Å². The highest BCUT2D eigenvalue weighted by Crippen LogP contribution is 2.38. The second kappa shape index (κ2) is 12.2. The van der Waals surface area contributed by atoms with Crippen molar-refractivity contribution in [1.29, 1.82) is 0 Å². The predicted molar refractivity (Wildman–Crippen MR) is 126 cm³/mol. The molecule has 0 aliphatic heterocycles. The minimum absolute atomic E-state index is 0.00304. The molecule has 0 aromatic heterocycles. The quantitative estimate of drug-likeness (QED) is 0.326. The molecule has 0 unspecified atom stereocenters. The third-order valence-electron chi connectivity index (χ3n) is 6.52. The molecule has 0 amide bonds. The lowest BCUT2D eigenvalue weighted by Gasteiger charge is -2.29. The molecule has 0 heterocycles. The van der Waals surface area contributed by atoms with E-state index in [-0.39, 0.29) is 23.7 Å². The molecule has 4 heteroatoms. The van der Waals surface area contributed by atoms with Gasteiger partial charge in [-0.2, -0.15) is 0 Å². The Labute approximate surface area is 187 Å². The fourth-order valence-electron chi connectivity index (χ4n) is 4.50. The van der Waals surface area contributed by atoms with Gasteiger partial charge in [0.2, 0.25) is 0 Å². The van der Waals surface area contributed by atoms with Crippen LogP contribution in [0.1, 0.15) is 64.9 Å². The maximum Gasteiger partial charge on any atom is 0.303 e. The number of unbranched alkanes of at least 4 members (excludes halogenated alkanes) is 1. The molecule has 1 fully saturated rings. The van der Waals surface area contributed by atoms with Gasteiger partial charge in [-0.3, -0.25) is 4.79 Å². The number of hydrogen-bond acceptors (Lipinski definition) is 3. The lowest BCUT2D eigenvalue weighted by molar-refractivity contribution is -0.137. The highest BCUT2D eigenvalue weighted by atomic mass is 16.4. The van der Waals surface area contributed by atoms with Crippen molar-refractivity contribution in [2.24, 2.45) is 23.2 Å². The number of aliphatic hydroxyl groups excluding tert-OH is 2. The number of carboxylic acid groups (broad SMARTS) is 1. The third-order valence-corrected chi connectivity index (χ3v) is 6.52. The van der Waals surface area contributed by atoms with Crippen molar-refractivity contribution in [3.63, 3.8) is 0 Å². The second-order valence-corrected chi connectivity index (χ2v) is 9.99. The van der Waals surface area contributed by atoms with E-state index in [2.05, 4.69) is 57.2 Å². The van der Waals surface area contributed by atoms with Crippen LogP contribution in [0, 0.1) is 23.2 Å². The first-order chi connectivity index (χ1) is 14.7. The van der Waals surface area contributed by atoms with Crippen LogP contribution < -0.4 is 0 Å². The van der Waals surface area contributed by atoms with Crippen LogP contribution in [0.25, 0.3) is 0 Å². The number of aliphatic carboxylic acids is 1. The minimum atomic E-state index is -0.770. The molecular weight excluding hydrogens is 388 g/mol. The zero-order valence-electron chi connectivity index (χ0n) is 19.3. The van der Waals surface area contributed by atoms with Gasteiger partial charge in [-0.1, -0.05) is 75.4 Å². The Morgan fingerprint density at radius 3 is 2.48 bits per heavy atom. The molecule has 4 nitrogen and oxygen atoms in total. The summed E-state index contributed by atoms with van der Waals surface area (Å²) in [6.07, 6.45) is 12.1. The Kier molecular flexibility index (Phi) is 9.98. The molecule has 1 saturated carbocycles. The highest BCUT2D eigenvalue weighted by molar-refractivity contribution is 5.66. The summed E-state index contributed by atoms with van der Waals surface area (Å²) in [7, 11) is 0. The number of aryl methyl sites for hydroxylation is 1. The number of allylic oxidation sites excluding steroid dienone is 3. The first-order valence-electron chi connectivity index (χ1n) is 11.6. The molecule has 0 spiro atoms. The number of hydrogen-bond donors (Lipinski definition) is 3. The second-order valence-electron chi connectivity index (χ2n) is 9.99. The zero-order chi connectivity index (χ0) is 22.9. The van der Waals surface area contributed by atoms with Crippen molar-refractivity contribution in [3.8, 4) is 0 Å². The Balaban J connectivity index is 1.98. The van der Waals surface area contributed by atoms with E-state index in [1.165, 1.54) is 5.56 Å². The van der Waals surface area contributed by atoms with Gasteiger partial charge in [-0.25, -0.2) is 0 Å². The molecule has 1 aliphatic rings. The Bertz CT molecular complexity index is 717. The summed E-state index contributed by atoms with van der Waals surface area (Å²) in [6.45, 7) is 6.76. The summed E-state index contributed by atoms with van der Waals surface area (Å²) in [5, 5.41) is 29.7. The van der Waals surface area contributed by atoms with Crippen LogP contribution in [0.3, 0.4) is 0 Å². The first kappa shape index (κ1) is 25.4. The standard InChI is InChI=1S/C27H40O4/c1-27(2,3)21(16-15-20-11-7-6-8-12-20)17-18-23-22(24(28)19-25(23)29)13-9-4-5-10-14-26(30)31/h4,6-9,11-12,17-18,21-25,28-29H,5,10,13-16,19H2,1-3H3,(H,30,31)/t21-,22-,23-,24+,25-/m1/s1. The van der Waals surface area contributed by atoms with Crippen LogP contribution in [-0.4, -0.2) is 33.5 Å². The Morgan fingerprint density at radius 1 is 1.13 bits per heavy atom. The van der Waals surface area contributed by atoms with Gasteiger partial charge in [0.15, 0.2) is 0 Å². The summed E-state index contributed by atoms with van der Waals surface area (Å²) in [4.78, 5) is 10.6. The van der Waals surface area contributed by atoms with Crippen LogP contribution >= 0.6 is 0 Å². The van der Waals surface area contributed by atoms with Gasteiger partial charge < -0.3 is 15.3 Å². The molecule has 0 radical (unpaired) electrons. The Morgan fingerprint density at radius 2 is 1.84 bits per heavy atom. The maximum atomic E-state index is 10.6. The lowest BCUT2D eigenvalue weighted by Crippen LogP contribution is -2.22. The van der Waals surface area contributed by atoms with E-state index in [0.717, 1.165) is 19.3 Å². The predicted octanol–water partition coefficient (Wildman–Crippen LogP) is 5.40. The average molecular weight is 429 g/mol. The summed E-state index contributed by atoms with van der Waals surface area (Å²) in [5.74, 6) is -0.449. The van der Waals surface area contributed by atoms with Gasteiger partial charge in [0.25, 0.3) is 0 Å². The molecule has 3 N–H and O–H groups in total. The van der Waals surface area contributed by atoms with Gasteiger partial charge in [0, 0.05) is 18.8 Å². The third kappa shape index (κ3) is 8.62. The number of aliphatic hydroxyl groups is 2. The van der Waals surface area contributed by atoms with Crippen molar-refractivity contribution < 1.29 is 20.1 Å². The van der Waals surface area contributed by atoms with Crippen LogP contribution in [0.4, 0.5) is 0 Å². The van der Waals surface area contributed by atoms with E-state index >= 15 is 0 Å². The largest absolute Gasteiger partial charge is 0.481 e. The van der Waals surface area contributed by atoms with E-state index in [4.69, 9.17) is 5.11 Å². The van der Waals surface area contributed by atoms with Gasteiger partial charge >= 0.3 is 5.97 Å². The van der Waals surface area contributed by atoms with Gasteiger partial charge in [0.05, 0.1) is 12.2 Å². The number of carbonyl (C=O) groups is 1. The van der Waals surface area contributed by atoms with E-state index < -0.39 is 18.2 Å². The van der Waals surface area contributed by atoms with E-state index in [9.17, 15) is 15.0 Å². The fourth-order valence-corrected chi connectivity index (χ4v) is 4.50. The smallest absolute Gasteiger partial charge is 0.303 e. The van der Waals surface area contributed by atoms with Crippen molar-refractivity contribution in [1.82, 2.24) is 0 Å². The fraction of sp³-hybridized carbons (Fsp3) is 0.593. The normalized spacial score (nSPS) is 25.5. The minimum Gasteiger partial charge on any atom is -0.481 e. The highest BCUT2D eigenvalue weighted by Gasteiger charge is 2.39. The SMILES string of the molecule is CC(C)(C)[C@@H](C=C[C@@H]1[C@@H](CC=CCCCC(=O)O)[C@@H](O)C[C@H]1O)CCc1ccccc1. The van der Waals surface area contributed by atoms with Crippen LogP contribution in [0.15, 0.2) is 54.6 Å². The topological polar surface area (TPSA) is 77.8 Å². The van der Waals surface area contributed by atoms with Crippen molar-refractivity contribution >= 4 is 5.97 Å². The van der Waals surface area contributed by atoms with Crippen molar-refractivity contribution in [3.05, 3.63) is 60.2 Å². The Hall–Kier alpha value is -1.91. The summed E-state index contributed by atoms with van der Waals surface area (Å²) in [6, 6.07) is 10.5. The van der Waals surface area contributed by atoms with Gasteiger partial charge in [0.1, 0.15) is 0 Å². The van der Waals surface area contributed by atoms with E-state index in [0.29, 0.717) is 25.2 Å². The molecular formula is C27H40O4. The van der Waals surface area contributed by atoms with E-state index in [1.807, 2.05) is 18.2 Å². The maximum absolute atomic E-state index is 10.6. The lowest BCUT2D eigenvalue weighted by atomic mass is 9.76. The molecule has 0 saturated heterocycles. The summed E-state index contributed by atoms with van der Waals surface area (Å²) < 4.78 is 0. The molecule has 31 heavy (non-hydrogen) atoms. The molecule has 5 atom stereocenters. The number of carboxylic acids is 1. The molecule has 172 valence electrons. The van der Waals surface area contributed by atoms with Crippen LogP contribution in [0.2, 0.25) is 0 Å². The van der Waals surface area contributed by atoms with Gasteiger partial charge in [-0.15, -0.1) is 0 Å². The average Bonchev–Trinajstić information content (AvgIpc) is 2.96. The zero-order valence-corrected chi connectivity index (χ0v) is 19.3. The van der Waals surface area contributed by atoms with E-state index in [1.54, 1.807) is 0 Å². The van der Waals surface area contributed by atoms with Gasteiger partial charge in [-0.05, 0) is 54.9 Å².